The summed E-state index contributed by atoms with van der Waals surface area (Å²) < 4.78 is 17.2. The van der Waals surface area contributed by atoms with Gasteiger partial charge in [-0.3, -0.25) is 4.79 Å². The molecule has 7 heteroatoms. The van der Waals surface area contributed by atoms with Crippen LogP contribution in [0.3, 0.4) is 0 Å². The Balaban J connectivity index is 1.93. The molecular formula is C22H30N2O4S. The minimum absolute atomic E-state index is 0.125. The van der Waals surface area contributed by atoms with Crippen molar-refractivity contribution in [1.82, 2.24) is 0 Å². The van der Waals surface area contributed by atoms with Gasteiger partial charge in [0.2, 0.25) is 0 Å². The Labute approximate surface area is 176 Å². The molecule has 0 saturated carbocycles. The Morgan fingerprint density at radius 2 is 1.79 bits per heavy atom. The van der Waals surface area contributed by atoms with Crippen LogP contribution in [0.15, 0.2) is 18.2 Å². The molecule has 2 heterocycles. The summed E-state index contributed by atoms with van der Waals surface area (Å²) in [5, 5.41) is 3.03. The minimum atomic E-state index is -0.125. The second-order valence-electron chi connectivity index (χ2n) is 6.81. The van der Waals surface area contributed by atoms with E-state index in [9.17, 15) is 4.79 Å². The highest BCUT2D eigenvalue weighted by molar-refractivity contribution is 7.14. The molecule has 0 radical (unpaired) electrons. The molecule has 0 bridgehead atoms. The lowest BCUT2D eigenvalue weighted by atomic mass is 10.2. The first kappa shape index (κ1) is 21.5. The molecule has 0 atom stereocenters. The van der Waals surface area contributed by atoms with Crippen LogP contribution in [0.5, 0.6) is 11.5 Å². The van der Waals surface area contributed by atoms with Gasteiger partial charge in [0.05, 0.1) is 42.7 Å². The molecule has 1 amide bonds. The van der Waals surface area contributed by atoms with Crippen molar-refractivity contribution in [3.8, 4) is 11.5 Å². The van der Waals surface area contributed by atoms with Crippen molar-refractivity contribution in [3.05, 3.63) is 33.5 Å². The van der Waals surface area contributed by atoms with E-state index < -0.39 is 0 Å². The third kappa shape index (κ3) is 5.03. The highest BCUT2D eigenvalue weighted by Crippen LogP contribution is 2.39. The fourth-order valence-corrected chi connectivity index (χ4v) is 4.42. The lowest BCUT2D eigenvalue weighted by Gasteiger charge is -2.31. The summed E-state index contributed by atoms with van der Waals surface area (Å²) in [7, 11) is 0. The molecule has 0 aliphatic carbocycles. The molecule has 1 aliphatic rings. The topological polar surface area (TPSA) is 60.0 Å². The van der Waals surface area contributed by atoms with Crippen molar-refractivity contribution in [2.24, 2.45) is 0 Å². The van der Waals surface area contributed by atoms with E-state index >= 15 is 0 Å². The first-order valence-corrected chi connectivity index (χ1v) is 11.1. The van der Waals surface area contributed by atoms with E-state index in [1.807, 2.05) is 39.0 Å². The number of nitrogens with one attached hydrogen (secondary N) is 1. The highest BCUT2D eigenvalue weighted by Gasteiger charge is 2.21. The largest absolute Gasteiger partial charge is 0.492 e. The lowest BCUT2D eigenvalue weighted by Crippen LogP contribution is -2.36. The molecule has 0 unspecified atom stereocenters. The van der Waals surface area contributed by atoms with Gasteiger partial charge in [0.15, 0.2) is 0 Å². The Morgan fingerprint density at radius 1 is 1.10 bits per heavy atom. The van der Waals surface area contributed by atoms with Crippen molar-refractivity contribution in [2.45, 2.75) is 34.1 Å². The van der Waals surface area contributed by atoms with E-state index in [-0.39, 0.29) is 5.91 Å². The van der Waals surface area contributed by atoms with E-state index in [2.05, 4.69) is 17.1 Å². The third-order valence-electron chi connectivity index (χ3n) is 4.83. The average molecular weight is 419 g/mol. The number of ether oxygens (including phenoxy) is 3. The zero-order chi connectivity index (χ0) is 20.8. The molecule has 29 heavy (non-hydrogen) atoms. The Kier molecular flexibility index (Phi) is 7.39. The number of amides is 1. The van der Waals surface area contributed by atoms with Crippen LogP contribution in [0.1, 0.15) is 40.9 Å². The molecule has 6 nitrogen and oxygen atoms in total. The summed E-state index contributed by atoms with van der Waals surface area (Å²) in [6, 6.07) is 5.79. The maximum atomic E-state index is 12.9. The van der Waals surface area contributed by atoms with E-state index in [0.717, 1.165) is 36.5 Å². The summed E-state index contributed by atoms with van der Waals surface area (Å²) in [6.07, 6.45) is 0.927. The number of morpholine rings is 1. The maximum Gasteiger partial charge on any atom is 0.265 e. The van der Waals surface area contributed by atoms with E-state index in [1.54, 1.807) is 11.3 Å². The van der Waals surface area contributed by atoms with Crippen molar-refractivity contribution in [1.29, 1.82) is 0 Å². The quantitative estimate of drug-likeness (QED) is 0.684. The molecular weight excluding hydrogens is 388 g/mol. The number of rotatable bonds is 8. The molecule has 1 saturated heterocycles. The van der Waals surface area contributed by atoms with E-state index in [4.69, 9.17) is 14.2 Å². The molecule has 1 aromatic heterocycles. The van der Waals surface area contributed by atoms with E-state index in [0.29, 0.717) is 42.7 Å². The minimum Gasteiger partial charge on any atom is -0.492 e. The normalized spacial score (nSPS) is 14.0. The molecule has 1 aromatic carbocycles. The Hall–Kier alpha value is -2.25. The fourth-order valence-electron chi connectivity index (χ4n) is 3.41. The fraction of sp³-hybridized carbons (Fsp3) is 0.500. The third-order valence-corrected chi connectivity index (χ3v) is 6.21. The zero-order valence-corrected chi connectivity index (χ0v) is 18.5. The smallest absolute Gasteiger partial charge is 0.265 e. The van der Waals surface area contributed by atoms with Crippen molar-refractivity contribution in [3.63, 3.8) is 0 Å². The monoisotopic (exact) mass is 418 g/mol. The molecule has 1 N–H and O–H groups in total. The lowest BCUT2D eigenvalue weighted by molar-refractivity contribution is 0.103. The van der Waals surface area contributed by atoms with Crippen LogP contribution in [0.2, 0.25) is 0 Å². The standard InChI is InChI=1S/C22H30N2O4S/c1-5-20-15(4)12-21(29-20)22(25)23-16-13-19(28-7-3)17(14-18(16)27-6-2)24-8-10-26-11-9-24/h12-14H,5-11H2,1-4H3,(H,23,25). The summed E-state index contributed by atoms with van der Waals surface area (Å²) in [5.41, 5.74) is 2.75. The van der Waals surface area contributed by atoms with Gasteiger partial charge in [-0.2, -0.15) is 0 Å². The predicted molar refractivity (Wildman–Crippen MR) is 118 cm³/mol. The first-order chi connectivity index (χ1) is 14.1. The van der Waals surface area contributed by atoms with Crippen LogP contribution < -0.4 is 19.7 Å². The second kappa shape index (κ2) is 9.98. The van der Waals surface area contributed by atoms with Gasteiger partial charge in [0.25, 0.3) is 5.91 Å². The van der Waals surface area contributed by atoms with Gasteiger partial charge >= 0.3 is 0 Å². The summed E-state index contributed by atoms with van der Waals surface area (Å²) >= 11 is 1.54. The SMILES string of the molecule is CCOc1cc(N2CCOCC2)c(OCC)cc1NC(=O)c1cc(C)c(CC)s1. The summed E-state index contributed by atoms with van der Waals surface area (Å²) in [4.78, 5) is 17.1. The van der Waals surface area contributed by atoms with Crippen LogP contribution >= 0.6 is 11.3 Å². The van der Waals surface area contributed by atoms with Gasteiger partial charge in [-0.1, -0.05) is 6.92 Å². The van der Waals surface area contributed by atoms with Crippen LogP contribution in [0.25, 0.3) is 0 Å². The summed E-state index contributed by atoms with van der Waals surface area (Å²) in [5.74, 6) is 1.26. The molecule has 1 aliphatic heterocycles. The Bertz CT molecular complexity index is 844. The first-order valence-electron chi connectivity index (χ1n) is 10.2. The molecule has 0 spiro atoms. The van der Waals surface area contributed by atoms with Gasteiger partial charge in [-0.05, 0) is 38.8 Å². The highest BCUT2D eigenvalue weighted by atomic mass is 32.1. The van der Waals surface area contributed by atoms with Gasteiger partial charge in [-0.15, -0.1) is 11.3 Å². The number of hydrogen-bond donors (Lipinski definition) is 1. The molecule has 3 rings (SSSR count). The van der Waals surface area contributed by atoms with Crippen molar-refractivity contribution >= 4 is 28.6 Å². The average Bonchev–Trinajstić information content (AvgIpc) is 3.11. The zero-order valence-electron chi connectivity index (χ0n) is 17.7. The number of anilines is 2. The number of aryl methyl sites for hydroxylation is 2. The number of nitrogens with zero attached hydrogens (tertiary/aromatic N) is 1. The van der Waals surface area contributed by atoms with Crippen molar-refractivity contribution in [2.75, 3.05) is 49.7 Å². The van der Waals surface area contributed by atoms with Crippen LogP contribution in [0, 0.1) is 6.92 Å². The number of benzene rings is 1. The molecule has 2 aromatic rings. The van der Waals surface area contributed by atoms with Crippen LogP contribution in [0.4, 0.5) is 11.4 Å². The van der Waals surface area contributed by atoms with Crippen molar-refractivity contribution < 1.29 is 19.0 Å². The van der Waals surface area contributed by atoms with Crippen LogP contribution in [-0.2, 0) is 11.2 Å². The number of carbonyl (C=O) groups is 1. The number of carbonyl (C=O) groups excluding carboxylic acids is 1. The summed E-state index contributed by atoms with van der Waals surface area (Å²) in [6.45, 7) is 12.1. The van der Waals surface area contributed by atoms with Gasteiger partial charge in [0, 0.05) is 30.1 Å². The number of hydrogen-bond acceptors (Lipinski definition) is 6. The van der Waals surface area contributed by atoms with E-state index in [1.165, 1.54) is 4.88 Å². The second-order valence-corrected chi connectivity index (χ2v) is 7.94. The number of thiophene rings is 1. The maximum absolute atomic E-state index is 12.9. The Morgan fingerprint density at radius 3 is 2.41 bits per heavy atom. The predicted octanol–water partition coefficient (Wildman–Crippen LogP) is 4.51. The van der Waals surface area contributed by atoms with Gasteiger partial charge < -0.3 is 24.4 Å². The molecule has 1 fully saturated rings. The van der Waals surface area contributed by atoms with Gasteiger partial charge in [0.1, 0.15) is 11.5 Å². The van der Waals surface area contributed by atoms with Crippen LogP contribution in [-0.4, -0.2) is 45.4 Å². The van der Waals surface area contributed by atoms with Gasteiger partial charge in [-0.25, -0.2) is 0 Å². The molecule has 158 valence electrons.